The van der Waals surface area contributed by atoms with Gasteiger partial charge in [0.15, 0.2) is 0 Å². The van der Waals surface area contributed by atoms with Crippen molar-refractivity contribution in [2.24, 2.45) is 5.92 Å². The van der Waals surface area contributed by atoms with Gasteiger partial charge in [-0.1, -0.05) is 0 Å². The summed E-state index contributed by atoms with van der Waals surface area (Å²) in [6.07, 6.45) is 4.05. The van der Waals surface area contributed by atoms with Crippen molar-refractivity contribution in [1.29, 1.82) is 0 Å². The largest absolute Gasteiger partial charge is 0.469 e. The number of hydrogen-bond donors (Lipinski definition) is 1. The quantitative estimate of drug-likeness (QED) is 0.823. The summed E-state index contributed by atoms with van der Waals surface area (Å²) in [5.41, 5.74) is 0. The number of likely N-dealkylation sites (N-methyl/N-ethyl adjacent to an activating group) is 1. The number of nitrogens with one attached hydrogen (secondary N) is 1. The number of ether oxygens (including phenoxy) is 1. The highest BCUT2D eigenvalue weighted by Gasteiger charge is 2.26. The van der Waals surface area contributed by atoms with Crippen molar-refractivity contribution < 1.29 is 9.15 Å². The normalized spacial score (nSPS) is 20.3. The SMILES string of the molecule is CNCC(c1ccco1)C1CCOCC1. The van der Waals surface area contributed by atoms with Crippen LogP contribution in [0.15, 0.2) is 22.8 Å². The Morgan fingerprint density at radius 1 is 1.47 bits per heavy atom. The summed E-state index contributed by atoms with van der Waals surface area (Å²) < 4.78 is 10.9. The minimum atomic E-state index is 0.494. The second kappa shape index (κ2) is 5.33. The highest BCUT2D eigenvalue weighted by molar-refractivity contribution is 5.08. The first-order chi connectivity index (χ1) is 7.42. The maximum absolute atomic E-state index is 5.52. The van der Waals surface area contributed by atoms with E-state index in [0.29, 0.717) is 11.8 Å². The third-order valence-electron chi connectivity index (χ3n) is 3.17. The van der Waals surface area contributed by atoms with Crippen LogP contribution in [0, 0.1) is 5.92 Å². The molecule has 1 saturated heterocycles. The fourth-order valence-corrected chi connectivity index (χ4v) is 2.34. The van der Waals surface area contributed by atoms with Gasteiger partial charge in [-0.15, -0.1) is 0 Å². The van der Waals surface area contributed by atoms with Gasteiger partial charge in [0.05, 0.1) is 6.26 Å². The predicted octanol–water partition coefficient (Wildman–Crippen LogP) is 2.01. The van der Waals surface area contributed by atoms with Gasteiger partial charge < -0.3 is 14.5 Å². The van der Waals surface area contributed by atoms with E-state index < -0.39 is 0 Å². The van der Waals surface area contributed by atoms with Crippen molar-refractivity contribution in [3.05, 3.63) is 24.2 Å². The summed E-state index contributed by atoms with van der Waals surface area (Å²) in [5, 5.41) is 3.25. The average molecular weight is 209 g/mol. The summed E-state index contributed by atoms with van der Waals surface area (Å²) in [4.78, 5) is 0. The zero-order valence-corrected chi connectivity index (χ0v) is 9.24. The van der Waals surface area contributed by atoms with Crippen LogP contribution in [0.25, 0.3) is 0 Å². The Labute approximate surface area is 90.8 Å². The molecular weight excluding hydrogens is 190 g/mol. The van der Waals surface area contributed by atoms with E-state index in [1.54, 1.807) is 6.26 Å². The van der Waals surface area contributed by atoms with Crippen molar-refractivity contribution in [2.75, 3.05) is 26.8 Å². The number of hydrogen-bond acceptors (Lipinski definition) is 3. The second-order valence-corrected chi connectivity index (χ2v) is 4.13. The zero-order chi connectivity index (χ0) is 10.5. The fraction of sp³-hybridized carbons (Fsp3) is 0.667. The van der Waals surface area contributed by atoms with E-state index in [1.807, 2.05) is 13.1 Å². The standard InChI is InChI=1S/C12H19NO2/c1-13-9-11(12-3-2-6-15-12)10-4-7-14-8-5-10/h2-3,6,10-11,13H,4-5,7-9H2,1H3. The third kappa shape index (κ3) is 2.61. The first kappa shape index (κ1) is 10.7. The molecule has 1 N–H and O–H groups in total. The van der Waals surface area contributed by atoms with Gasteiger partial charge in [-0.25, -0.2) is 0 Å². The summed E-state index contributed by atoms with van der Waals surface area (Å²) in [6.45, 7) is 2.77. The van der Waals surface area contributed by atoms with Crippen LogP contribution in [0.5, 0.6) is 0 Å². The van der Waals surface area contributed by atoms with Crippen LogP contribution in [0.2, 0.25) is 0 Å². The molecule has 0 radical (unpaired) electrons. The maximum Gasteiger partial charge on any atom is 0.108 e. The Hall–Kier alpha value is -0.800. The van der Waals surface area contributed by atoms with Gasteiger partial charge in [-0.3, -0.25) is 0 Å². The molecule has 0 spiro atoms. The van der Waals surface area contributed by atoms with Crippen molar-refractivity contribution in [2.45, 2.75) is 18.8 Å². The lowest BCUT2D eigenvalue weighted by Gasteiger charge is -2.28. The molecule has 1 unspecified atom stereocenters. The molecule has 1 aliphatic rings. The molecule has 1 atom stereocenters. The molecule has 2 rings (SSSR count). The van der Waals surface area contributed by atoms with E-state index in [2.05, 4.69) is 11.4 Å². The van der Waals surface area contributed by atoms with E-state index in [4.69, 9.17) is 9.15 Å². The minimum Gasteiger partial charge on any atom is -0.469 e. The van der Waals surface area contributed by atoms with Crippen molar-refractivity contribution >= 4 is 0 Å². The Bertz CT molecular complexity index is 265. The van der Waals surface area contributed by atoms with Gasteiger partial charge in [-0.2, -0.15) is 0 Å². The molecule has 1 aromatic rings. The minimum absolute atomic E-state index is 0.494. The molecule has 1 aliphatic heterocycles. The van der Waals surface area contributed by atoms with Crippen LogP contribution < -0.4 is 5.32 Å². The maximum atomic E-state index is 5.52. The lowest BCUT2D eigenvalue weighted by atomic mass is 9.84. The predicted molar refractivity (Wildman–Crippen MR) is 58.9 cm³/mol. The van der Waals surface area contributed by atoms with E-state index in [-0.39, 0.29) is 0 Å². The molecule has 0 bridgehead atoms. The van der Waals surface area contributed by atoms with Crippen molar-refractivity contribution in [1.82, 2.24) is 5.32 Å². The first-order valence-corrected chi connectivity index (χ1v) is 5.67. The zero-order valence-electron chi connectivity index (χ0n) is 9.24. The van der Waals surface area contributed by atoms with Crippen LogP contribution in [0.4, 0.5) is 0 Å². The van der Waals surface area contributed by atoms with Gasteiger partial charge in [-0.05, 0) is 37.9 Å². The van der Waals surface area contributed by atoms with E-state index in [0.717, 1.165) is 38.4 Å². The molecule has 2 heterocycles. The van der Waals surface area contributed by atoms with Gasteiger partial charge in [0.2, 0.25) is 0 Å². The van der Waals surface area contributed by atoms with Crippen molar-refractivity contribution in [3.8, 4) is 0 Å². The van der Waals surface area contributed by atoms with Gasteiger partial charge in [0.1, 0.15) is 5.76 Å². The van der Waals surface area contributed by atoms with E-state index in [1.165, 1.54) is 0 Å². The fourth-order valence-electron chi connectivity index (χ4n) is 2.34. The van der Waals surface area contributed by atoms with Gasteiger partial charge in [0.25, 0.3) is 0 Å². The second-order valence-electron chi connectivity index (χ2n) is 4.13. The Morgan fingerprint density at radius 2 is 2.27 bits per heavy atom. The molecule has 15 heavy (non-hydrogen) atoms. The van der Waals surface area contributed by atoms with E-state index >= 15 is 0 Å². The van der Waals surface area contributed by atoms with Crippen LogP contribution >= 0.6 is 0 Å². The van der Waals surface area contributed by atoms with Gasteiger partial charge in [0, 0.05) is 25.7 Å². The molecule has 0 saturated carbocycles. The molecule has 0 aromatic carbocycles. The highest BCUT2D eigenvalue weighted by Crippen LogP contribution is 2.31. The molecule has 1 fully saturated rings. The Balaban J connectivity index is 2.04. The van der Waals surface area contributed by atoms with Gasteiger partial charge >= 0.3 is 0 Å². The monoisotopic (exact) mass is 209 g/mol. The Kier molecular flexibility index (Phi) is 3.80. The summed E-state index contributed by atoms with van der Waals surface area (Å²) >= 11 is 0. The average Bonchev–Trinajstić information content (AvgIpc) is 2.80. The highest BCUT2D eigenvalue weighted by atomic mass is 16.5. The van der Waals surface area contributed by atoms with Crippen LogP contribution in [-0.4, -0.2) is 26.8 Å². The third-order valence-corrected chi connectivity index (χ3v) is 3.17. The topological polar surface area (TPSA) is 34.4 Å². The summed E-state index contributed by atoms with van der Waals surface area (Å²) in [7, 11) is 2.00. The van der Waals surface area contributed by atoms with Crippen LogP contribution in [-0.2, 0) is 4.74 Å². The lowest BCUT2D eigenvalue weighted by molar-refractivity contribution is 0.0554. The molecule has 3 nitrogen and oxygen atoms in total. The van der Waals surface area contributed by atoms with Crippen LogP contribution in [0.3, 0.4) is 0 Å². The molecule has 0 aliphatic carbocycles. The molecular formula is C12H19NO2. The molecule has 84 valence electrons. The smallest absolute Gasteiger partial charge is 0.108 e. The molecule has 0 amide bonds. The molecule has 3 heteroatoms. The first-order valence-electron chi connectivity index (χ1n) is 5.67. The summed E-state index contributed by atoms with van der Waals surface area (Å²) in [6, 6.07) is 4.05. The Morgan fingerprint density at radius 3 is 2.87 bits per heavy atom. The number of rotatable bonds is 4. The molecule has 1 aromatic heterocycles. The van der Waals surface area contributed by atoms with Crippen molar-refractivity contribution in [3.63, 3.8) is 0 Å². The van der Waals surface area contributed by atoms with Crippen LogP contribution in [0.1, 0.15) is 24.5 Å². The lowest BCUT2D eigenvalue weighted by Crippen LogP contribution is -2.28. The summed E-state index contributed by atoms with van der Waals surface area (Å²) in [5.74, 6) is 2.29. The van der Waals surface area contributed by atoms with E-state index in [9.17, 15) is 0 Å². The number of furan rings is 1.